The molecular weight excluding hydrogens is 423 g/mol. The number of carbonyl (C=O) groups is 1. The molecule has 0 unspecified atom stereocenters. The maximum atomic E-state index is 13.8. The Labute approximate surface area is 180 Å². The quantitative estimate of drug-likeness (QED) is 0.537. The Morgan fingerprint density at radius 3 is 2.37 bits per heavy atom. The zero-order chi connectivity index (χ0) is 21.7. The van der Waals surface area contributed by atoms with Gasteiger partial charge in [-0.1, -0.05) is 24.3 Å². The van der Waals surface area contributed by atoms with Crippen LogP contribution >= 0.6 is 11.8 Å². The fraction of sp³-hybridized carbons (Fsp3) is 0.136. The topological polar surface area (TPSA) is 66.5 Å². The average Bonchev–Trinajstić information content (AvgIpc) is 2.73. The summed E-state index contributed by atoms with van der Waals surface area (Å²) in [6.45, 7) is 1.34. The molecule has 156 valence electrons. The highest BCUT2D eigenvalue weighted by atomic mass is 32.2. The van der Waals surface area contributed by atoms with E-state index in [2.05, 4.69) is 5.32 Å². The number of nitrogens with one attached hydrogen (secondary N) is 1. The first kappa shape index (κ1) is 21.9. The van der Waals surface area contributed by atoms with Gasteiger partial charge >= 0.3 is 0 Å². The molecule has 0 aliphatic carbocycles. The van der Waals surface area contributed by atoms with Crippen LogP contribution in [0.2, 0.25) is 0 Å². The third-order valence-corrected chi connectivity index (χ3v) is 6.98. The molecule has 0 atom stereocenters. The number of hydrogen-bond donors (Lipinski definition) is 1. The van der Waals surface area contributed by atoms with Crippen molar-refractivity contribution in [3.63, 3.8) is 0 Å². The summed E-state index contributed by atoms with van der Waals surface area (Å²) < 4.78 is 41.4. The molecule has 0 aromatic heterocycles. The van der Waals surface area contributed by atoms with E-state index < -0.39 is 28.3 Å². The second kappa shape index (κ2) is 9.32. The van der Waals surface area contributed by atoms with Crippen LogP contribution in [-0.4, -0.2) is 27.1 Å². The molecular formula is C22H21FN2O3S2. The van der Waals surface area contributed by atoms with Gasteiger partial charge in [-0.25, -0.2) is 12.8 Å². The Balaban J connectivity index is 1.96. The highest BCUT2D eigenvalue weighted by molar-refractivity contribution is 7.98. The van der Waals surface area contributed by atoms with Gasteiger partial charge in [-0.15, -0.1) is 11.8 Å². The molecule has 0 aliphatic heterocycles. The molecule has 0 bridgehead atoms. The van der Waals surface area contributed by atoms with E-state index in [4.69, 9.17) is 0 Å². The van der Waals surface area contributed by atoms with Gasteiger partial charge in [0.15, 0.2) is 0 Å². The highest BCUT2D eigenvalue weighted by Crippen LogP contribution is 2.26. The van der Waals surface area contributed by atoms with E-state index in [1.165, 1.54) is 42.1 Å². The fourth-order valence-electron chi connectivity index (χ4n) is 2.85. The van der Waals surface area contributed by atoms with Gasteiger partial charge in [0.1, 0.15) is 12.4 Å². The normalized spacial score (nSPS) is 11.2. The molecule has 0 radical (unpaired) electrons. The Morgan fingerprint density at radius 2 is 1.73 bits per heavy atom. The first-order valence-electron chi connectivity index (χ1n) is 9.09. The van der Waals surface area contributed by atoms with Crippen LogP contribution in [0, 0.1) is 12.7 Å². The molecule has 0 heterocycles. The van der Waals surface area contributed by atoms with Gasteiger partial charge in [0.05, 0.1) is 10.6 Å². The van der Waals surface area contributed by atoms with Crippen molar-refractivity contribution in [3.05, 3.63) is 84.2 Å². The lowest BCUT2D eigenvalue weighted by Crippen LogP contribution is -2.38. The molecule has 5 nitrogen and oxygen atoms in total. The predicted molar refractivity (Wildman–Crippen MR) is 119 cm³/mol. The molecule has 3 rings (SSSR count). The lowest BCUT2D eigenvalue weighted by Gasteiger charge is -2.24. The van der Waals surface area contributed by atoms with Gasteiger partial charge in [-0.3, -0.25) is 9.10 Å². The number of benzene rings is 3. The highest BCUT2D eigenvalue weighted by Gasteiger charge is 2.27. The van der Waals surface area contributed by atoms with Gasteiger partial charge in [0.25, 0.3) is 10.0 Å². The molecule has 3 aromatic carbocycles. The molecule has 8 heteroatoms. The second-order valence-corrected chi connectivity index (χ2v) is 9.27. The Kier molecular flexibility index (Phi) is 6.79. The fourth-order valence-corrected chi connectivity index (χ4v) is 4.68. The molecule has 1 N–H and O–H groups in total. The standard InChI is InChI=1S/C22H21FN2O3S2/c1-16-6-3-4-9-21(16)24-22(26)15-25(18-8-5-7-17(23)14-18)30(27,28)20-12-10-19(29-2)11-13-20/h3-14H,15H2,1-2H3,(H,24,26). The van der Waals surface area contributed by atoms with Crippen molar-refractivity contribution in [1.82, 2.24) is 0 Å². The number of thioether (sulfide) groups is 1. The van der Waals surface area contributed by atoms with Crippen LogP contribution in [0.15, 0.2) is 82.6 Å². The third kappa shape index (κ3) is 5.01. The van der Waals surface area contributed by atoms with Crippen molar-refractivity contribution in [1.29, 1.82) is 0 Å². The van der Waals surface area contributed by atoms with E-state index in [0.29, 0.717) is 5.69 Å². The zero-order valence-electron chi connectivity index (χ0n) is 16.5. The van der Waals surface area contributed by atoms with Gasteiger partial charge in [0.2, 0.25) is 5.91 Å². The Hall–Kier alpha value is -2.84. The third-order valence-electron chi connectivity index (χ3n) is 4.45. The largest absolute Gasteiger partial charge is 0.324 e. The number of hydrogen-bond acceptors (Lipinski definition) is 4. The lowest BCUT2D eigenvalue weighted by molar-refractivity contribution is -0.114. The number of carbonyl (C=O) groups excluding carboxylic acids is 1. The van der Waals surface area contributed by atoms with Crippen LogP contribution in [-0.2, 0) is 14.8 Å². The van der Waals surface area contributed by atoms with Crippen molar-refractivity contribution in [2.24, 2.45) is 0 Å². The number of sulfonamides is 1. The summed E-state index contributed by atoms with van der Waals surface area (Å²) in [5.74, 6) is -1.12. The van der Waals surface area contributed by atoms with Gasteiger partial charge in [-0.2, -0.15) is 0 Å². The molecule has 0 spiro atoms. The van der Waals surface area contributed by atoms with Crippen LogP contribution in [0.1, 0.15) is 5.56 Å². The van der Waals surface area contributed by atoms with Crippen LogP contribution < -0.4 is 9.62 Å². The van der Waals surface area contributed by atoms with E-state index in [-0.39, 0.29) is 10.6 Å². The number of halogens is 1. The summed E-state index contributed by atoms with van der Waals surface area (Å²) in [6, 6.07) is 18.7. The Bertz CT molecular complexity index is 1150. The number of aryl methyl sites for hydroxylation is 1. The maximum absolute atomic E-state index is 13.8. The number of anilines is 2. The SMILES string of the molecule is CSc1ccc(S(=O)(=O)N(CC(=O)Nc2ccccc2C)c2cccc(F)c2)cc1. The van der Waals surface area contributed by atoms with Gasteiger partial charge in [-0.05, 0) is 67.3 Å². The van der Waals surface area contributed by atoms with E-state index in [1.807, 2.05) is 25.3 Å². The van der Waals surface area contributed by atoms with Crippen LogP contribution in [0.3, 0.4) is 0 Å². The first-order chi connectivity index (χ1) is 14.3. The van der Waals surface area contributed by atoms with Gasteiger partial charge in [0, 0.05) is 10.6 Å². The van der Waals surface area contributed by atoms with Gasteiger partial charge < -0.3 is 5.32 Å². The molecule has 0 saturated heterocycles. The molecule has 30 heavy (non-hydrogen) atoms. The maximum Gasteiger partial charge on any atom is 0.264 e. The summed E-state index contributed by atoms with van der Waals surface area (Å²) in [5, 5.41) is 2.72. The van der Waals surface area contributed by atoms with Crippen molar-refractivity contribution in [2.75, 3.05) is 22.4 Å². The summed E-state index contributed by atoms with van der Waals surface area (Å²) >= 11 is 1.49. The predicted octanol–water partition coefficient (Wildman–Crippen LogP) is 4.69. The summed E-state index contributed by atoms with van der Waals surface area (Å²) in [7, 11) is -4.10. The van der Waals surface area contributed by atoms with Crippen molar-refractivity contribution >= 4 is 39.1 Å². The molecule has 0 aliphatic rings. The summed E-state index contributed by atoms with van der Waals surface area (Å²) in [6.07, 6.45) is 1.89. The second-order valence-electron chi connectivity index (χ2n) is 6.53. The molecule has 0 fully saturated rings. The van der Waals surface area contributed by atoms with Crippen molar-refractivity contribution in [3.8, 4) is 0 Å². The zero-order valence-corrected chi connectivity index (χ0v) is 18.1. The summed E-state index contributed by atoms with van der Waals surface area (Å²) in [4.78, 5) is 13.6. The molecule has 0 saturated carbocycles. The Morgan fingerprint density at radius 1 is 1.03 bits per heavy atom. The van der Waals surface area contributed by atoms with Crippen LogP contribution in [0.25, 0.3) is 0 Å². The van der Waals surface area contributed by atoms with Crippen LogP contribution in [0.5, 0.6) is 0 Å². The number of rotatable bonds is 7. The minimum absolute atomic E-state index is 0.0215. The first-order valence-corrected chi connectivity index (χ1v) is 11.8. The summed E-state index contributed by atoms with van der Waals surface area (Å²) in [5.41, 5.74) is 1.51. The number of para-hydroxylation sites is 1. The minimum atomic E-state index is -4.10. The van der Waals surface area contributed by atoms with E-state index in [9.17, 15) is 17.6 Å². The van der Waals surface area contributed by atoms with E-state index in [1.54, 1.807) is 24.3 Å². The van der Waals surface area contributed by atoms with E-state index >= 15 is 0 Å². The monoisotopic (exact) mass is 444 g/mol. The molecule has 3 aromatic rings. The van der Waals surface area contributed by atoms with Crippen LogP contribution in [0.4, 0.5) is 15.8 Å². The minimum Gasteiger partial charge on any atom is -0.324 e. The average molecular weight is 445 g/mol. The van der Waals surface area contributed by atoms with E-state index in [0.717, 1.165) is 20.8 Å². The smallest absolute Gasteiger partial charge is 0.264 e. The number of amides is 1. The molecule has 1 amide bonds. The number of nitrogens with zero attached hydrogens (tertiary/aromatic N) is 1. The lowest BCUT2D eigenvalue weighted by atomic mass is 10.2. The van der Waals surface area contributed by atoms with Crippen molar-refractivity contribution in [2.45, 2.75) is 16.7 Å². The van der Waals surface area contributed by atoms with Crippen molar-refractivity contribution < 1.29 is 17.6 Å².